The fourth-order valence-electron chi connectivity index (χ4n) is 2.52. The molecular weight excluding hydrogens is 391 g/mol. The minimum absolute atomic E-state index is 0.130. The molecule has 0 spiro atoms. The van der Waals surface area contributed by atoms with Gasteiger partial charge in [-0.2, -0.15) is 0 Å². The molecule has 1 amide bonds. The predicted octanol–water partition coefficient (Wildman–Crippen LogP) is 4.04. The number of hydrogen-bond acceptors (Lipinski definition) is 7. The smallest absolute Gasteiger partial charge is 0.407 e. The van der Waals surface area contributed by atoms with Gasteiger partial charge in [0.2, 0.25) is 0 Å². The van der Waals surface area contributed by atoms with E-state index >= 15 is 0 Å². The van der Waals surface area contributed by atoms with Crippen LogP contribution in [-0.4, -0.2) is 28.4 Å². The van der Waals surface area contributed by atoms with Crippen molar-refractivity contribution in [2.75, 3.05) is 7.11 Å². The van der Waals surface area contributed by atoms with E-state index in [0.29, 0.717) is 17.2 Å². The van der Waals surface area contributed by atoms with Crippen LogP contribution >= 0.6 is 22.7 Å². The fourth-order valence-corrected chi connectivity index (χ4v) is 4.49. The molecule has 3 aromatic rings. The van der Waals surface area contributed by atoms with Crippen LogP contribution in [0, 0.1) is 12.7 Å². The van der Waals surface area contributed by atoms with E-state index in [4.69, 9.17) is 5.11 Å². The SMILES string of the molecule is COC(=O)NCc1cc(C)c(-c2csc(-c3cc(O)c(CO)cc3F)n2)s1. The highest BCUT2D eigenvalue weighted by Crippen LogP contribution is 2.37. The predicted molar refractivity (Wildman–Crippen MR) is 102 cm³/mol. The molecule has 27 heavy (non-hydrogen) atoms. The monoisotopic (exact) mass is 408 g/mol. The lowest BCUT2D eigenvalue weighted by Gasteiger charge is -2.05. The number of carbonyl (C=O) groups is 1. The second kappa shape index (κ2) is 8.03. The first-order valence-corrected chi connectivity index (χ1v) is 9.62. The van der Waals surface area contributed by atoms with Crippen LogP contribution in [0.25, 0.3) is 21.1 Å². The molecule has 6 nitrogen and oxygen atoms in total. The summed E-state index contributed by atoms with van der Waals surface area (Å²) in [5.41, 5.74) is 2.01. The van der Waals surface area contributed by atoms with Gasteiger partial charge >= 0.3 is 6.09 Å². The lowest BCUT2D eigenvalue weighted by Crippen LogP contribution is -2.21. The molecule has 3 rings (SSSR count). The van der Waals surface area contributed by atoms with Crippen LogP contribution in [0.15, 0.2) is 23.6 Å². The Kier molecular flexibility index (Phi) is 5.73. The number of alkyl carbamates (subject to hydrolysis) is 1. The number of hydrogen-bond donors (Lipinski definition) is 3. The molecule has 0 saturated carbocycles. The van der Waals surface area contributed by atoms with Crippen LogP contribution in [0.4, 0.5) is 9.18 Å². The normalized spacial score (nSPS) is 10.8. The lowest BCUT2D eigenvalue weighted by atomic mass is 10.1. The van der Waals surface area contributed by atoms with E-state index in [-0.39, 0.29) is 16.9 Å². The molecule has 1 aromatic carbocycles. The van der Waals surface area contributed by atoms with Crippen molar-refractivity contribution in [1.29, 1.82) is 0 Å². The van der Waals surface area contributed by atoms with Crippen molar-refractivity contribution in [2.45, 2.75) is 20.1 Å². The molecule has 0 saturated heterocycles. The molecule has 0 aliphatic heterocycles. The zero-order valence-corrected chi connectivity index (χ0v) is 16.2. The topological polar surface area (TPSA) is 91.7 Å². The van der Waals surface area contributed by atoms with E-state index in [9.17, 15) is 14.3 Å². The number of thiophene rings is 1. The van der Waals surface area contributed by atoms with Crippen molar-refractivity contribution in [3.8, 4) is 26.9 Å². The third-order valence-electron chi connectivity index (χ3n) is 3.87. The molecule has 0 fully saturated rings. The number of nitrogens with zero attached hydrogens (tertiary/aromatic N) is 1. The van der Waals surface area contributed by atoms with Gasteiger partial charge in [-0.3, -0.25) is 0 Å². The number of nitrogens with one attached hydrogen (secondary N) is 1. The quantitative estimate of drug-likeness (QED) is 0.593. The molecule has 0 radical (unpaired) electrons. The third kappa shape index (κ3) is 4.10. The summed E-state index contributed by atoms with van der Waals surface area (Å²) < 4.78 is 18.9. The number of phenols is 1. The maximum absolute atomic E-state index is 14.3. The molecule has 2 heterocycles. The number of aliphatic hydroxyl groups is 1. The van der Waals surface area contributed by atoms with Crippen LogP contribution < -0.4 is 5.32 Å². The van der Waals surface area contributed by atoms with Crippen molar-refractivity contribution in [3.63, 3.8) is 0 Å². The molecule has 9 heteroatoms. The summed E-state index contributed by atoms with van der Waals surface area (Å²) in [6, 6.07) is 4.34. The molecule has 0 atom stereocenters. The number of aliphatic hydroxyl groups excluding tert-OH is 1. The van der Waals surface area contributed by atoms with Crippen molar-refractivity contribution in [1.82, 2.24) is 10.3 Å². The number of aromatic nitrogens is 1. The Morgan fingerprint density at radius 3 is 2.85 bits per heavy atom. The lowest BCUT2D eigenvalue weighted by molar-refractivity contribution is 0.170. The Labute approximate surface area is 162 Å². The zero-order chi connectivity index (χ0) is 19.6. The largest absolute Gasteiger partial charge is 0.508 e. The molecule has 2 aromatic heterocycles. The number of thiazole rings is 1. The Balaban J connectivity index is 1.87. The first kappa shape index (κ1) is 19.3. The zero-order valence-electron chi connectivity index (χ0n) is 14.6. The fraction of sp³-hybridized carbons (Fsp3) is 0.222. The number of halogens is 1. The Morgan fingerprint density at radius 1 is 1.37 bits per heavy atom. The molecule has 142 valence electrons. The second-order valence-electron chi connectivity index (χ2n) is 5.73. The van der Waals surface area contributed by atoms with Crippen molar-refractivity contribution < 1.29 is 24.1 Å². The molecular formula is C18H17FN2O4S2. The molecule has 0 aliphatic carbocycles. The standard InChI is InChI=1S/C18H17FN2O4S2/c1-9-3-11(6-20-18(24)25-2)27-16(9)14-8-26-17(21-14)12-5-15(23)10(7-22)4-13(12)19/h3-5,8,22-23H,6-7H2,1-2H3,(H,20,24). The summed E-state index contributed by atoms with van der Waals surface area (Å²) >= 11 is 2.75. The van der Waals surface area contributed by atoms with Crippen LogP contribution in [-0.2, 0) is 17.9 Å². The van der Waals surface area contributed by atoms with Crippen molar-refractivity contribution >= 4 is 28.8 Å². The van der Waals surface area contributed by atoms with Gasteiger partial charge in [-0.1, -0.05) is 0 Å². The summed E-state index contributed by atoms with van der Waals surface area (Å²) in [5.74, 6) is -0.724. The van der Waals surface area contributed by atoms with Crippen LogP contribution in [0.2, 0.25) is 0 Å². The maximum Gasteiger partial charge on any atom is 0.407 e. The highest BCUT2D eigenvalue weighted by atomic mass is 32.1. The van der Waals surface area contributed by atoms with Gasteiger partial charge in [0.1, 0.15) is 16.6 Å². The summed E-state index contributed by atoms with van der Waals surface area (Å²) in [7, 11) is 1.31. The minimum Gasteiger partial charge on any atom is -0.508 e. The first-order chi connectivity index (χ1) is 12.9. The maximum atomic E-state index is 14.3. The van der Waals surface area contributed by atoms with E-state index in [1.54, 1.807) is 0 Å². The van der Waals surface area contributed by atoms with Gasteiger partial charge in [0.05, 0.1) is 30.8 Å². The number of carbonyl (C=O) groups excluding carboxylic acids is 1. The van der Waals surface area contributed by atoms with Crippen LogP contribution in [0.3, 0.4) is 0 Å². The van der Waals surface area contributed by atoms with E-state index in [0.717, 1.165) is 21.4 Å². The van der Waals surface area contributed by atoms with Crippen LogP contribution in [0.1, 0.15) is 16.0 Å². The average Bonchev–Trinajstić information content (AvgIpc) is 3.27. The number of amides is 1. The van der Waals surface area contributed by atoms with Gasteiger partial charge in [0, 0.05) is 21.4 Å². The number of aromatic hydroxyl groups is 1. The Morgan fingerprint density at radius 2 is 2.15 bits per heavy atom. The van der Waals surface area contributed by atoms with E-state index in [1.807, 2.05) is 18.4 Å². The summed E-state index contributed by atoms with van der Waals surface area (Å²) in [4.78, 5) is 17.6. The summed E-state index contributed by atoms with van der Waals surface area (Å²) in [6.45, 7) is 1.85. The number of ether oxygens (including phenoxy) is 1. The summed E-state index contributed by atoms with van der Waals surface area (Å²) in [6.07, 6.45) is -0.500. The Bertz CT molecular complexity index is 984. The van der Waals surface area contributed by atoms with Gasteiger partial charge in [0.15, 0.2) is 0 Å². The number of rotatable bonds is 5. The summed E-state index contributed by atoms with van der Waals surface area (Å²) in [5, 5.41) is 23.9. The van der Waals surface area contributed by atoms with E-state index < -0.39 is 18.5 Å². The van der Waals surface area contributed by atoms with Gasteiger partial charge < -0.3 is 20.3 Å². The number of aryl methyl sites for hydroxylation is 1. The average molecular weight is 408 g/mol. The van der Waals surface area contributed by atoms with E-state index in [2.05, 4.69) is 15.0 Å². The molecule has 3 N–H and O–H groups in total. The highest BCUT2D eigenvalue weighted by Gasteiger charge is 2.17. The van der Waals surface area contributed by atoms with Gasteiger partial charge in [-0.25, -0.2) is 14.2 Å². The van der Waals surface area contributed by atoms with Crippen molar-refractivity contribution in [2.24, 2.45) is 0 Å². The van der Waals surface area contributed by atoms with Gasteiger partial charge in [0.25, 0.3) is 0 Å². The highest BCUT2D eigenvalue weighted by molar-refractivity contribution is 7.17. The second-order valence-corrected chi connectivity index (χ2v) is 7.72. The van der Waals surface area contributed by atoms with E-state index in [1.165, 1.54) is 35.8 Å². The first-order valence-electron chi connectivity index (χ1n) is 7.92. The number of methoxy groups -OCH3 is 1. The Hall–Kier alpha value is -2.49. The minimum atomic E-state index is -0.552. The molecule has 0 aliphatic rings. The van der Waals surface area contributed by atoms with Gasteiger partial charge in [-0.15, -0.1) is 22.7 Å². The molecule has 0 bridgehead atoms. The molecule has 0 unspecified atom stereocenters. The third-order valence-corrected chi connectivity index (χ3v) is 6.00. The van der Waals surface area contributed by atoms with Gasteiger partial charge in [-0.05, 0) is 30.7 Å². The van der Waals surface area contributed by atoms with Crippen LogP contribution in [0.5, 0.6) is 5.75 Å². The van der Waals surface area contributed by atoms with Crippen molar-refractivity contribution in [3.05, 3.63) is 45.4 Å². The number of benzene rings is 1.